The van der Waals surface area contributed by atoms with Crippen LogP contribution in [0.25, 0.3) is 0 Å². The molecule has 0 unspecified atom stereocenters. The van der Waals surface area contributed by atoms with Crippen molar-refractivity contribution in [1.82, 2.24) is 14.8 Å². The van der Waals surface area contributed by atoms with E-state index in [1.807, 2.05) is 0 Å². The number of thiazole rings is 1. The highest BCUT2D eigenvalue weighted by molar-refractivity contribution is 7.09. The summed E-state index contributed by atoms with van der Waals surface area (Å²) in [4.78, 5) is 30.2. The van der Waals surface area contributed by atoms with Gasteiger partial charge in [0.1, 0.15) is 0 Å². The molecule has 0 radical (unpaired) electrons. The first kappa shape index (κ1) is 19.8. The first-order valence-corrected chi connectivity index (χ1v) is 10.0. The molecule has 25 heavy (non-hydrogen) atoms. The number of aromatic nitrogens is 1. The van der Waals surface area contributed by atoms with E-state index >= 15 is 0 Å². The second kappa shape index (κ2) is 10.5. The molecule has 1 amide bonds. The number of hydrogen-bond donors (Lipinski definition) is 1. The highest BCUT2D eigenvalue weighted by atomic mass is 32.1. The maximum absolute atomic E-state index is 12.7. The Morgan fingerprint density at radius 2 is 1.96 bits per heavy atom. The summed E-state index contributed by atoms with van der Waals surface area (Å²) in [7, 11) is 0. The standard InChI is InChI=1S/C17H27N3OS.CH2O2/c1-14-18-16(13-22-14)12-19-8-5-9-20(11-10-19)17(21)15-6-3-2-4-7-15;2-1-3/h13,15H,2-12H2,1H3;1H,(H,2,3). The summed E-state index contributed by atoms with van der Waals surface area (Å²) in [5.41, 5.74) is 1.18. The average molecular weight is 368 g/mol. The van der Waals surface area contributed by atoms with Gasteiger partial charge in [-0.2, -0.15) is 0 Å². The third-order valence-electron chi connectivity index (χ3n) is 4.91. The predicted molar refractivity (Wildman–Crippen MR) is 98.6 cm³/mol. The van der Waals surface area contributed by atoms with Gasteiger partial charge in [-0.3, -0.25) is 14.5 Å². The molecule has 0 bridgehead atoms. The first-order chi connectivity index (χ1) is 12.1. The van der Waals surface area contributed by atoms with Gasteiger partial charge < -0.3 is 10.0 Å². The molecular formula is C18H29N3O3S. The summed E-state index contributed by atoms with van der Waals surface area (Å²) in [5.74, 6) is 0.729. The number of nitrogens with zero attached hydrogens (tertiary/aromatic N) is 3. The van der Waals surface area contributed by atoms with Gasteiger partial charge >= 0.3 is 0 Å². The van der Waals surface area contributed by atoms with E-state index < -0.39 is 0 Å². The van der Waals surface area contributed by atoms with Crippen LogP contribution in [0.5, 0.6) is 0 Å². The zero-order valence-corrected chi connectivity index (χ0v) is 15.8. The molecule has 1 aromatic rings. The molecule has 1 aliphatic carbocycles. The Hall–Kier alpha value is -1.47. The summed E-state index contributed by atoms with van der Waals surface area (Å²) >= 11 is 1.72. The van der Waals surface area contributed by atoms with Gasteiger partial charge in [-0.25, -0.2) is 4.98 Å². The lowest BCUT2D eigenvalue weighted by atomic mass is 9.88. The molecule has 0 spiro atoms. The van der Waals surface area contributed by atoms with Crippen molar-refractivity contribution in [2.75, 3.05) is 26.2 Å². The van der Waals surface area contributed by atoms with Crippen molar-refractivity contribution in [3.63, 3.8) is 0 Å². The number of hydrogen-bond acceptors (Lipinski definition) is 5. The van der Waals surface area contributed by atoms with Crippen LogP contribution in [0.4, 0.5) is 0 Å². The first-order valence-electron chi connectivity index (χ1n) is 9.14. The lowest BCUT2D eigenvalue weighted by Gasteiger charge is -2.28. The monoisotopic (exact) mass is 367 g/mol. The maximum atomic E-state index is 12.7. The van der Waals surface area contributed by atoms with Gasteiger partial charge in [0.05, 0.1) is 10.7 Å². The fraction of sp³-hybridized carbons (Fsp3) is 0.722. The van der Waals surface area contributed by atoms with Gasteiger partial charge in [0.2, 0.25) is 5.91 Å². The third-order valence-corrected chi connectivity index (χ3v) is 5.73. The Kier molecular flexibility index (Phi) is 8.34. The van der Waals surface area contributed by atoms with Crippen LogP contribution in [0.3, 0.4) is 0 Å². The molecule has 2 aliphatic rings. The molecule has 2 fully saturated rings. The van der Waals surface area contributed by atoms with Crippen LogP contribution in [-0.2, 0) is 16.1 Å². The highest BCUT2D eigenvalue weighted by Gasteiger charge is 2.27. The van der Waals surface area contributed by atoms with E-state index in [0.29, 0.717) is 11.8 Å². The van der Waals surface area contributed by atoms with Gasteiger partial charge in [0, 0.05) is 44.0 Å². The van der Waals surface area contributed by atoms with Crippen molar-refractivity contribution >= 4 is 23.7 Å². The van der Waals surface area contributed by atoms with Crippen LogP contribution in [0.2, 0.25) is 0 Å². The van der Waals surface area contributed by atoms with Gasteiger partial charge in [-0.1, -0.05) is 19.3 Å². The summed E-state index contributed by atoms with van der Waals surface area (Å²) < 4.78 is 0. The normalized spacial score (nSPS) is 19.6. The van der Waals surface area contributed by atoms with E-state index in [4.69, 9.17) is 9.90 Å². The molecule has 0 aromatic carbocycles. The Labute approximate surface area is 153 Å². The van der Waals surface area contributed by atoms with E-state index in [1.54, 1.807) is 11.3 Å². The van der Waals surface area contributed by atoms with Crippen molar-refractivity contribution in [2.24, 2.45) is 5.92 Å². The maximum Gasteiger partial charge on any atom is 0.290 e. The zero-order chi connectivity index (χ0) is 18.1. The minimum Gasteiger partial charge on any atom is -0.483 e. The number of rotatable bonds is 3. The quantitative estimate of drug-likeness (QED) is 0.832. The number of aryl methyl sites for hydroxylation is 1. The minimum atomic E-state index is -0.250. The predicted octanol–water partition coefficient (Wildman–Crippen LogP) is 2.77. The van der Waals surface area contributed by atoms with Crippen LogP contribution in [-0.4, -0.2) is 58.4 Å². The van der Waals surface area contributed by atoms with Crippen LogP contribution in [0, 0.1) is 12.8 Å². The fourth-order valence-corrected chi connectivity index (χ4v) is 4.27. The number of carboxylic acid groups (broad SMARTS) is 1. The highest BCUT2D eigenvalue weighted by Crippen LogP contribution is 2.26. The smallest absolute Gasteiger partial charge is 0.290 e. The molecule has 1 aromatic heterocycles. The Morgan fingerprint density at radius 3 is 2.60 bits per heavy atom. The molecule has 0 atom stereocenters. The van der Waals surface area contributed by atoms with E-state index in [9.17, 15) is 4.79 Å². The van der Waals surface area contributed by atoms with Crippen molar-refractivity contribution in [2.45, 2.75) is 52.0 Å². The van der Waals surface area contributed by atoms with Gasteiger partial charge in [0.25, 0.3) is 6.47 Å². The third kappa shape index (κ3) is 6.40. The van der Waals surface area contributed by atoms with Crippen LogP contribution in [0.1, 0.15) is 49.2 Å². The summed E-state index contributed by atoms with van der Waals surface area (Å²) in [5, 5.41) is 10.2. The molecule has 1 aliphatic heterocycles. The molecule has 3 rings (SSSR count). The summed E-state index contributed by atoms with van der Waals surface area (Å²) in [6, 6.07) is 0. The molecule has 1 saturated heterocycles. The summed E-state index contributed by atoms with van der Waals surface area (Å²) in [6.45, 7) is 6.61. The molecule has 1 N–H and O–H groups in total. The Balaban J connectivity index is 0.000000701. The largest absolute Gasteiger partial charge is 0.483 e. The van der Waals surface area contributed by atoms with E-state index in [-0.39, 0.29) is 6.47 Å². The zero-order valence-electron chi connectivity index (χ0n) is 15.0. The topological polar surface area (TPSA) is 73.7 Å². The lowest BCUT2D eigenvalue weighted by Crippen LogP contribution is -2.39. The summed E-state index contributed by atoms with van der Waals surface area (Å²) in [6.07, 6.45) is 7.08. The average Bonchev–Trinajstić information content (AvgIpc) is 2.89. The molecule has 2 heterocycles. The number of amides is 1. The van der Waals surface area contributed by atoms with Crippen molar-refractivity contribution in [3.05, 3.63) is 16.1 Å². The van der Waals surface area contributed by atoms with Crippen LogP contribution < -0.4 is 0 Å². The lowest BCUT2D eigenvalue weighted by molar-refractivity contribution is -0.136. The molecule has 140 valence electrons. The molecular weight excluding hydrogens is 338 g/mol. The Bertz CT molecular complexity index is 543. The molecule has 6 nitrogen and oxygen atoms in total. The van der Waals surface area contributed by atoms with Gasteiger partial charge in [-0.15, -0.1) is 11.3 Å². The van der Waals surface area contributed by atoms with Crippen molar-refractivity contribution in [1.29, 1.82) is 0 Å². The SMILES string of the molecule is Cc1nc(CN2CCCN(C(=O)C3CCCCC3)CC2)cs1.O=CO. The van der Waals surface area contributed by atoms with Crippen molar-refractivity contribution in [3.8, 4) is 0 Å². The molecule has 1 saturated carbocycles. The molecule has 7 heteroatoms. The number of carbonyl (C=O) groups is 2. The van der Waals surface area contributed by atoms with Gasteiger partial charge in [-0.05, 0) is 26.2 Å². The van der Waals surface area contributed by atoms with E-state index in [2.05, 4.69) is 27.1 Å². The van der Waals surface area contributed by atoms with Gasteiger partial charge in [0.15, 0.2) is 0 Å². The van der Waals surface area contributed by atoms with Crippen LogP contribution in [0.15, 0.2) is 5.38 Å². The fourth-order valence-electron chi connectivity index (χ4n) is 3.67. The van der Waals surface area contributed by atoms with E-state index in [1.165, 1.54) is 25.0 Å². The minimum absolute atomic E-state index is 0.250. The second-order valence-electron chi connectivity index (χ2n) is 6.75. The van der Waals surface area contributed by atoms with Crippen molar-refractivity contribution < 1.29 is 14.7 Å². The Morgan fingerprint density at radius 1 is 1.24 bits per heavy atom. The van der Waals surface area contributed by atoms with Crippen LogP contribution >= 0.6 is 11.3 Å². The number of carbonyl (C=O) groups excluding carboxylic acids is 1. The van der Waals surface area contributed by atoms with E-state index in [0.717, 1.165) is 57.0 Å². The second-order valence-corrected chi connectivity index (χ2v) is 7.82.